The number of H-pyrrole nitrogens is 1. The molecule has 2 aromatic heterocycles. The molecule has 2 fully saturated rings. The Hall–Kier alpha value is -4.37. The van der Waals surface area contributed by atoms with Gasteiger partial charge in [0.05, 0.1) is 17.1 Å². The first-order chi connectivity index (χ1) is 19.4. The number of nitrogens with zero attached hydrogens (tertiary/aromatic N) is 2. The molecule has 10 heteroatoms. The number of hydrogen-bond donors (Lipinski definition) is 3. The van der Waals surface area contributed by atoms with Gasteiger partial charge in [0, 0.05) is 65.2 Å². The minimum atomic E-state index is -0.479. The van der Waals surface area contributed by atoms with Crippen LogP contribution in [0.4, 0.5) is 0 Å². The lowest BCUT2D eigenvalue weighted by atomic mass is 9.97. The van der Waals surface area contributed by atoms with Gasteiger partial charge in [0.15, 0.2) is 0 Å². The highest BCUT2D eigenvalue weighted by molar-refractivity contribution is 6.35. The van der Waals surface area contributed by atoms with Crippen LogP contribution in [0.1, 0.15) is 40.0 Å². The van der Waals surface area contributed by atoms with Crippen LogP contribution >= 0.6 is 11.6 Å². The van der Waals surface area contributed by atoms with Crippen LogP contribution in [-0.2, 0) is 4.79 Å². The van der Waals surface area contributed by atoms with Crippen LogP contribution in [0.3, 0.4) is 0 Å². The van der Waals surface area contributed by atoms with E-state index in [1.54, 1.807) is 71.9 Å². The molecule has 0 unspecified atom stereocenters. The Balaban J connectivity index is 1.19. The first-order valence-electron chi connectivity index (χ1n) is 13.3. The maximum Gasteiger partial charge on any atom is 0.255 e. The maximum atomic E-state index is 13.3. The fraction of sp³-hybridized carbons (Fsp3) is 0.267. The summed E-state index contributed by atoms with van der Waals surface area (Å²) in [6.07, 6.45) is 5.65. The molecule has 4 aromatic rings. The van der Waals surface area contributed by atoms with Crippen molar-refractivity contribution in [3.05, 3.63) is 99.6 Å². The molecule has 1 saturated heterocycles. The minimum Gasteiger partial charge on any atom is -0.360 e. The second-order valence-corrected chi connectivity index (χ2v) is 10.8. The lowest BCUT2D eigenvalue weighted by Crippen LogP contribution is -2.61. The van der Waals surface area contributed by atoms with Crippen molar-refractivity contribution in [2.45, 2.75) is 31.3 Å². The predicted molar refractivity (Wildman–Crippen MR) is 152 cm³/mol. The van der Waals surface area contributed by atoms with Gasteiger partial charge in [-0.25, -0.2) is 0 Å². The van der Waals surface area contributed by atoms with Crippen molar-refractivity contribution in [1.29, 1.82) is 0 Å². The van der Waals surface area contributed by atoms with E-state index in [9.17, 15) is 19.2 Å². The third kappa shape index (κ3) is 5.24. The summed E-state index contributed by atoms with van der Waals surface area (Å²) >= 11 is 6.17. The van der Waals surface area contributed by atoms with Crippen LogP contribution in [-0.4, -0.2) is 57.3 Å². The van der Waals surface area contributed by atoms with Crippen molar-refractivity contribution < 1.29 is 14.4 Å². The third-order valence-corrected chi connectivity index (χ3v) is 7.92. The Kier molecular flexibility index (Phi) is 6.89. The number of nitrogens with one attached hydrogen (secondary N) is 3. The van der Waals surface area contributed by atoms with E-state index in [2.05, 4.69) is 15.6 Å². The summed E-state index contributed by atoms with van der Waals surface area (Å²) < 4.78 is 1.49. The molecule has 2 aromatic carbocycles. The smallest absolute Gasteiger partial charge is 0.255 e. The van der Waals surface area contributed by atoms with E-state index in [0.29, 0.717) is 41.3 Å². The van der Waals surface area contributed by atoms with Crippen LogP contribution in [0.25, 0.3) is 16.6 Å². The number of likely N-dealkylation sites (tertiary alicyclic amines) is 1. The van der Waals surface area contributed by atoms with Crippen molar-refractivity contribution in [1.82, 2.24) is 25.1 Å². The largest absolute Gasteiger partial charge is 0.360 e. The van der Waals surface area contributed by atoms with Gasteiger partial charge in [0.25, 0.3) is 17.4 Å². The van der Waals surface area contributed by atoms with Gasteiger partial charge >= 0.3 is 0 Å². The van der Waals surface area contributed by atoms with E-state index in [0.717, 1.165) is 23.7 Å². The van der Waals surface area contributed by atoms with Gasteiger partial charge in [0.2, 0.25) is 5.91 Å². The third-order valence-electron chi connectivity index (χ3n) is 7.61. The Bertz CT molecular complexity index is 1660. The molecule has 1 aliphatic carbocycles. The van der Waals surface area contributed by atoms with Crippen molar-refractivity contribution in [3.63, 3.8) is 0 Å². The average molecular weight is 558 g/mol. The summed E-state index contributed by atoms with van der Waals surface area (Å²) in [6.45, 7) is 0.827. The standard InChI is InChI=1S/C30H28ClN5O4/c31-23-16-32-25-15-20(8-11-22(23)25)29(39)33-24-12-14-35(30(40)19-4-5-19)17-26(24)34-28(38)18-6-9-21(10-7-18)36-13-2-1-3-27(36)37/h1-3,6-11,13,15-16,19,24,26,32H,4-5,12,14,17H2,(H,33,39)(H,34,38)/t24-,26+/m1/s1. The molecule has 204 valence electrons. The van der Waals surface area contributed by atoms with Gasteiger partial charge < -0.3 is 20.5 Å². The van der Waals surface area contributed by atoms with Crippen LogP contribution in [0.15, 0.2) is 77.9 Å². The monoisotopic (exact) mass is 557 g/mol. The molecule has 3 N–H and O–H groups in total. The van der Waals surface area contributed by atoms with E-state index in [1.807, 2.05) is 0 Å². The van der Waals surface area contributed by atoms with E-state index in [-0.39, 0.29) is 35.2 Å². The van der Waals surface area contributed by atoms with Crippen LogP contribution < -0.4 is 16.2 Å². The molecule has 9 nitrogen and oxygen atoms in total. The molecule has 3 heterocycles. The number of carbonyl (C=O) groups excluding carboxylic acids is 3. The normalized spacial score (nSPS) is 18.9. The SMILES string of the molecule is O=C(N[C@H]1CN(C(=O)C2CC2)CC[C@H]1NC(=O)c1ccc2c(Cl)c[nH]c2c1)c1ccc(-n2ccccc2=O)cc1. The van der Waals surface area contributed by atoms with Crippen molar-refractivity contribution in [2.75, 3.05) is 13.1 Å². The van der Waals surface area contributed by atoms with Crippen molar-refractivity contribution in [2.24, 2.45) is 5.92 Å². The Morgan fingerprint density at radius 2 is 1.60 bits per heavy atom. The lowest BCUT2D eigenvalue weighted by molar-refractivity contribution is -0.134. The molecule has 1 saturated carbocycles. The van der Waals surface area contributed by atoms with Gasteiger partial charge in [-0.05, 0) is 61.7 Å². The molecule has 2 aliphatic rings. The molecular formula is C30H28ClN5O4. The average Bonchev–Trinajstić information content (AvgIpc) is 3.76. The zero-order valence-electron chi connectivity index (χ0n) is 21.6. The summed E-state index contributed by atoms with van der Waals surface area (Å²) in [5.74, 6) is -0.414. The minimum absolute atomic E-state index is 0.0655. The van der Waals surface area contributed by atoms with Gasteiger partial charge in [-0.3, -0.25) is 23.7 Å². The number of pyridine rings is 1. The van der Waals surface area contributed by atoms with Gasteiger partial charge in [0.1, 0.15) is 0 Å². The fourth-order valence-electron chi connectivity index (χ4n) is 5.21. The Labute approximate surface area is 235 Å². The van der Waals surface area contributed by atoms with E-state index in [1.165, 1.54) is 10.6 Å². The molecule has 3 amide bonds. The molecule has 6 rings (SSSR count). The zero-order valence-corrected chi connectivity index (χ0v) is 22.4. The Morgan fingerprint density at radius 3 is 2.35 bits per heavy atom. The van der Waals surface area contributed by atoms with Crippen LogP contribution in [0, 0.1) is 5.92 Å². The molecule has 0 spiro atoms. The van der Waals surface area contributed by atoms with E-state index < -0.39 is 6.04 Å². The lowest BCUT2D eigenvalue weighted by Gasteiger charge is -2.39. The highest BCUT2D eigenvalue weighted by Gasteiger charge is 2.39. The maximum absolute atomic E-state index is 13.3. The van der Waals surface area contributed by atoms with Gasteiger partial charge in [-0.15, -0.1) is 0 Å². The van der Waals surface area contributed by atoms with Gasteiger partial charge in [-0.1, -0.05) is 23.7 Å². The summed E-state index contributed by atoms with van der Waals surface area (Å²) in [4.78, 5) is 56.3. The summed E-state index contributed by atoms with van der Waals surface area (Å²) in [5.41, 5.74) is 2.12. The summed E-state index contributed by atoms with van der Waals surface area (Å²) in [7, 11) is 0. The number of aromatic amines is 1. The number of rotatable bonds is 6. The zero-order chi connectivity index (χ0) is 27.8. The molecule has 1 aliphatic heterocycles. The van der Waals surface area contributed by atoms with Crippen molar-refractivity contribution >= 4 is 40.2 Å². The topological polar surface area (TPSA) is 116 Å². The Morgan fingerprint density at radius 1 is 0.875 bits per heavy atom. The van der Waals surface area contributed by atoms with E-state index in [4.69, 9.17) is 11.6 Å². The summed E-state index contributed by atoms with van der Waals surface area (Å²) in [5, 5.41) is 7.54. The number of fused-ring (bicyclic) bond motifs is 1. The number of amides is 3. The number of piperidine rings is 1. The number of hydrogen-bond acceptors (Lipinski definition) is 4. The second-order valence-electron chi connectivity index (χ2n) is 10.4. The van der Waals surface area contributed by atoms with Crippen LogP contribution in [0.5, 0.6) is 0 Å². The molecule has 40 heavy (non-hydrogen) atoms. The van der Waals surface area contributed by atoms with Gasteiger partial charge in [-0.2, -0.15) is 0 Å². The van der Waals surface area contributed by atoms with Crippen LogP contribution in [0.2, 0.25) is 5.02 Å². The molecular weight excluding hydrogens is 530 g/mol. The number of aromatic nitrogens is 2. The second kappa shape index (κ2) is 10.7. The van der Waals surface area contributed by atoms with Crippen molar-refractivity contribution in [3.8, 4) is 5.69 Å². The molecule has 2 atom stereocenters. The summed E-state index contributed by atoms with van der Waals surface area (Å²) in [6, 6.07) is 16.1. The number of halogens is 1. The first kappa shape index (κ1) is 25.9. The first-order valence-corrected chi connectivity index (χ1v) is 13.7. The highest BCUT2D eigenvalue weighted by atomic mass is 35.5. The van der Waals surface area contributed by atoms with E-state index >= 15 is 0 Å². The quantitative estimate of drug-likeness (QED) is 0.336. The predicted octanol–water partition coefficient (Wildman–Crippen LogP) is 3.51. The number of benzene rings is 2. The molecule has 0 radical (unpaired) electrons. The highest BCUT2D eigenvalue weighted by Crippen LogP contribution is 2.32. The number of carbonyl (C=O) groups is 3. The molecule has 0 bridgehead atoms. The fourth-order valence-corrected chi connectivity index (χ4v) is 5.43.